The molecule has 32 heavy (non-hydrogen) atoms. The minimum absolute atomic E-state index is 0.273. The number of hydrogen-bond donors (Lipinski definition) is 2. The number of hydrogen-bond acceptors (Lipinski definition) is 7. The van der Waals surface area contributed by atoms with Crippen molar-refractivity contribution in [1.29, 1.82) is 0 Å². The number of fused-ring (bicyclic) bond motifs is 1. The molecular formula is C21H17IN6O4. The van der Waals surface area contributed by atoms with E-state index in [0.717, 1.165) is 30.8 Å². The Kier molecular flexibility index (Phi) is 5.25. The van der Waals surface area contributed by atoms with Gasteiger partial charge in [0.15, 0.2) is 28.7 Å². The van der Waals surface area contributed by atoms with Crippen molar-refractivity contribution in [1.82, 2.24) is 24.6 Å². The summed E-state index contributed by atoms with van der Waals surface area (Å²) in [6, 6.07) is 9.30. The number of aromatic amines is 2. The van der Waals surface area contributed by atoms with E-state index in [2.05, 4.69) is 25.0 Å². The molecule has 1 atom stereocenters. The Bertz CT molecular complexity index is 1420. The SMILES string of the molecule is O=C(OI)c1ccc(C2CCN(c3cc(-c4c[nH]c(=O)[nH]c4=O)nn4ccnc34)C2)cc1. The first-order valence-corrected chi connectivity index (χ1v) is 10.8. The lowest BCUT2D eigenvalue weighted by Gasteiger charge is -2.20. The molecule has 1 aromatic carbocycles. The predicted molar refractivity (Wildman–Crippen MR) is 125 cm³/mol. The van der Waals surface area contributed by atoms with Gasteiger partial charge in [0.1, 0.15) is 5.69 Å². The van der Waals surface area contributed by atoms with Gasteiger partial charge in [-0.2, -0.15) is 5.10 Å². The van der Waals surface area contributed by atoms with Crippen LogP contribution in [0.5, 0.6) is 0 Å². The van der Waals surface area contributed by atoms with Crippen LogP contribution >= 0.6 is 23.0 Å². The van der Waals surface area contributed by atoms with Crippen LogP contribution < -0.4 is 16.1 Å². The van der Waals surface area contributed by atoms with Crippen LogP contribution in [0.4, 0.5) is 5.69 Å². The van der Waals surface area contributed by atoms with Crippen LogP contribution in [-0.2, 0) is 3.07 Å². The third kappa shape index (κ3) is 3.68. The van der Waals surface area contributed by atoms with Crippen LogP contribution in [0.25, 0.3) is 16.9 Å². The topological polar surface area (TPSA) is 125 Å². The van der Waals surface area contributed by atoms with Crippen LogP contribution in [0, 0.1) is 0 Å². The van der Waals surface area contributed by atoms with Crippen LogP contribution in [-0.4, -0.2) is 43.6 Å². The molecule has 1 fully saturated rings. The van der Waals surface area contributed by atoms with Gasteiger partial charge >= 0.3 is 11.7 Å². The van der Waals surface area contributed by atoms with Crippen molar-refractivity contribution in [2.45, 2.75) is 12.3 Å². The van der Waals surface area contributed by atoms with Gasteiger partial charge in [0.25, 0.3) is 5.56 Å². The van der Waals surface area contributed by atoms with Gasteiger partial charge in [-0.1, -0.05) is 12.1 Å². The fourth-order valence-electron chi connectivity index (χ4n) is 4.05. The molecule has 0 radical (unpaired) electrons. The van der Waals surface area contributed by atoms with E-state index in [1.807, 2.05) is 18.2 Å². The predicted octanol–water partition coefficient (Wildman–Crippen LogP) is 2.27. The fourth-order valence-corrected chi connectivity index (χ4v) is 4.31. The van der Waals surface area contributed by atoms with Gasteiger partial charge in [0.05, 0.1) is 16.8 Å². The van der Waals surface area contributed by atoms with Crippen molar-refractivity contribution in [3.8, 4) is 11.3 Å². The number of rotatable bonds is 4. The molecule has 1 saturated heterocycles. The van der Waals surface area contributed by atoms with Gasteiger partial charge in [0.2, 0.25) is 0 Å². The number of aromatic nitrogens is 5. The second-order valence-electron chi connectivity index (χ2n) is 7.51. The largest absolute Gasteiger partial charge is 0.391 e. The number of H-pyrrole nitrogens is 2. The Morgan fingerprint density at radius 3 is 2.78 bits per heavy atom. The Labute approximate surface area is 195 Å². The number of carbonyl (C=O) groups is 1. The second-order valence-corrected chi connectivity index (χ2v) is 7.95. The van der Waals surface area contributed by atoms with E-state index in [1.165, 1.54) is 6.20 Å². The highest BCUT2D eigenvalue weighted by atomic mass is 127. The van der Waals surface area contributed by atoms with Crippen molar-refractivity contribution in [2.24, 2.45) is 0 Å². The second kappa shape index (κ2) is 8.22. The maximum absolute atomic E-state index is 12.3. The number of anilines is 1. The van der Waals surface area contributed by atoms with Crippen molar-refractivity contribution in [3.63, 3.8) is 0 Å². The minimum Gasteiger partial charge on any atom is -0.391 e. The molecule has 10 nitrogen and oxygen atoms in total. The average molecular weight is 544 g/mol. The number of nitrogens with zero attached hydrogens (tertiary/aromatic N) is 4. The number of carbonyl (C=O) groups excluding carboxylic acids is 1. The normalized spacial score (nSPS) is 15.9. The highest BCUT2D eigenvalue weighted by Crippen LogP contribution is 2.33. The third-order valence-corrected chi connectivity index (χ3v) is 6.05. The number of benzene rings is 1. The summed E-state index contributed by atoms with van der Waals surface area (Å²) >= 11 is 1.58. The van der Waals surface area contributed by atoms with Gasteiger partial charge in [-0.3, -0.25) is 9.78 Å². The van der Waals surface area contributed by atoms with Crippen LogP contribution in [0.2, 0.25) is 0 Å². The summed E-state index contributed by atoms with van der Waals surface area (Å²) in [5, 5.41) is 4.48. The van der Waals surface area contributed by atoms with Crippen molar-refractivity contribution in [2.75, 3.05) is 18.0 Å². The Balaban J connectivity index is 1.47. The molecule has 0 bridgehead atoms. The number of imidazole rings is 1. The average Bonchev–Trinajstić information content (AvgIpc) is 3.48. The van der Waals surface area contributed by atoms with Gasteiger partial charge < -0.3 is 13.0 Å². The van der Waals surface area contributed by atoms with Crippen molar-refractivity contribution >= 4 is 40.3 Å². The van der Waals surface area contributed by atoms with Gasteiger partial charge in [-0.05, 0) is 30.2 Å². The van der Waals surface area contributed by atoms with E-state index in [0.29, 0.717) is 16.9 Å². The summed E-state index contributed by atoms with van der Waals surface area (Å²) in [5.74, 6) is -0.0868. The molecule has 2 N–H and O–H groups in total. The number of nitrogens with one attached hydrogen (secondary N) is 2. The van der Waals surface area contributed by atoms with Crippen LogP contribution in [0.15, 0.2) is 58.5 Å². The number of halogens is 1. The fraction of sp³-hybridized carbons (Fsp3) is 0.190. The zero-order valence-electron chi connectivity index (χ0n) is 16.6. The molecule has 0 spiro atoms. The molecule has 0 aliphatic carbocycles. The highest BCUT2D eigenvalue weighted by Gasteiger charge is 2.27. The van der Waals surface area contributed by atoms with Crippen molar-refractivity contribution < 1.29 is 7.86 Å². The zero-order chi connectivity index (χ0) is 22.2. The molecule has 3 aromatic heterocycles. The third-order valence-electron chi connectivity index (χ3n) is 5.65. The van der Waals surface area contributed by atoms with Gasteiger partial charge in [-0.25, -0.2) is 19.1 Å². The summed E-state index contributed by atoms with van der Waals surface area (Å²) in [4.78, 5) is 46.7. The summed E-state index contributed by atoms with van der Waals surface area (Å²) < 4.78 is 6.37. The minimum atomic E-state index is -0.567. The molecule has 0 saturated carbocycles. The molecule has 4 heterocycles. The molecule has 1 aliphatic heterocycles. The summed E-state index contributed by atoms with van der Waals surface area (Å²) in [6.07, 6.45) is 5.68. The maximum atomic E-state index is 12.3. The summed E-state index contributed by atoms with van der Waals surface area (Å²) in [6.45, 7) is 1.56. The van der Waals surface area contributed by atoms with E-state index in [1.54, 1.807) is 52.0 Å². The first-order valence-electron chi connectivity index (χ1n) is 9.88. The first-order chi connectivity index (χ1) is 15.5. The lowest BCUT2D eigenvalue weighted by molar-refractivity contribution is 0.0800. The molecule has 162 valence electrons. The van der Waals surface area contributed by atoms with Crippen LogP contribution in [0.3, 0.4) is 0 Å². The van der Waals surface area contributed by atoms with Crippen LogP contribution in [0.1, 0.15) is 28.3 Å². The van der Waals surface area contributed by atoms with E-state index < -0.39 is 11.2 Å². The monoisotopic (exact) mass is 544 g/mol. The lowest BCUT2D eigenvalue weighted by atomic mass is 9.97. The zero-order valence-corrected chi connectivity index (χ0v) is 18.8. The Hall–Kier alpha value is -3.48. The molecular weight excluding hydrogens is 527 g/mol. The summed E-state index contributed by atoms with van der Waals surface area (Å²) in [5.41, 5.74) is 2.85. The molecule has 5 rings (SSSR count). The molecule has 4 aromatic rings. The van der Waals surface area contributed by atoms with E-state index in [9.17, 15) is 14.4 Å². The standard InChI is InChI=1S/C21H17IN6O4/c22-32-20(30)13-3-1-12(2-4-13)14-5-7-27(11-14)17-9-16(26-28-8-6-23-18(17)28)15-10-24-21(31)25-19(15)29/h1-4,6,8-10,14H,5,7,11H2,(H2,24,25,29,31). The van der Waals surface area contributed by atoms with E-state index in [4.69, 9.17) is 3.07 Å². The smallest absolute Gasteiger partial charge is 0.347 e. The molecule has 11 heteroatoms. The van der Waals surface area contributed by atoms with E-state index >= 15 is 0 Å². The maximum Gasteiger partial charge on any atom is 0.347 e. The highest BCUT2D eigenvalue weighted by molar-refractivity contribution is 14.1. The molecule has 1 aliphatic rings. The summed E-state index contributed by atoms with van der Waals surface area (Å²) in [7, 11) is 0. The van der Waals surface area contributed by atoms with Crippen molar-refractivity contribution in [3.05, 3.63) is 80.9 Å². The van der Waals surface area contributed by atoms with Gasteiger partial charge in [-0.15, -0.1) is 0 Å². The quantitative estimate of drug-likeness (QED) is 0.378. The van der Waals surface area contributed by atoms with E-state index in [-0.39, 0.29) is 17.5 Å². The molecule has 0 amide bonds. The lowest BCUT2D eigenvalue weighted by Crippen LogP contribution is -2.24. The first kappa shape index (κ1) is 20.4. The molecule has 1 unspecified atom stereocenters. The Morgan fingerprint density at radius 1 is 1.22 bits per heavy atom. The van der Waals surface area contributed by atoms with Gasteiger partial charge in [0, 0.05) is 37.6 Å². The Morgan fingerprint density at radius 2 is 2.03 bits per heavy atom.